The summed E-state index contributed by atoms with van der Waals surface area (Å²) in [5.74, 6) is 0.372. The highest BCUT2D eigenvalue weighted by atomic mass is 35.5. The molecule has 2 aliphatic heterocycles. The molecule has 1 spiro atoms. The number of hydrogen-bond donors (Lipinski definition) is 1. The van der Waals surface area contributed by atoms with Crippen molar-refractivity contribution in [3.63, 3.8) is 0 Å². The van der Waals surface area contributed by atoms with Crippen molar-refractivity contribution in [2.24, 2.45) is 11.1 Å². The van der Waals surface area contributed by atoms with Crippen molar-refractivity contribution in [3.05, 3.63) is 71.8 Å². The van der Waals surface area contributed by atoms with Crippen molar-refractivity contribution in [1.29, 1.82) is 0 Å². The van der Waals surface area contributed by atoms with E-state index in [9.17, 15) is 4.79 Å². The smallest absolute Gasteiger partial charge is 0.229 e. The summed E-state index contributed by atoms with van der Waals surface area (Å²) in [5.41, 5.74) is 8.67. The minimum atomic E-state index is -0.118. The first-order valence-electron chi connectivity index (χ1n) is 10.5. The van der Waals surface area contributed by atoms with E-state index < -0.39 is 0 Å². The Balaban J connectivity index is 0.00000240. The average Bonchev–Trinajstić information content (AvgIpc) is 3.04. The fourth-order valence-electron chi connectivity index (χ4n) is 4.70. The van der Waals surface area contributed by atoms with Crippen molar-refractivity contribution in [1.82, 2.24) is 9.80 Å². The summed E-state index contributed by atoms with van der Waals surface area (Å²) in [6.07, 6.45) is 3.94. The molecule has 2 aliphatic rings. The number of amides is 1. The molecule has 2 N–H and O–H groups in total. The van der Waals surface area contributed by atoms with Crippen LogP contribution >= 0.6 is 12.4 Å². The van der Waals surface area contributed by atoms with Crippen LogP contribution in [0.4, 0.5) is 0 Å². The van der Waals surface area contributed by atoms with Gasteiger partial charge in [-0.1, -0.05) is 60.7 Å². The average molecular weight is 414 g/mol. The van der Waals surface area contributed by atoms with E-state index in [2.05, 4.69) is 34.1 Å². The van der Waals surface area contributed by atoms with Gasteiger partial charge < -0.3 is 15.5 Å². The van der Waals surface area contributed by atoms with E-state index >= 15 is 0 Å². The number of hydrogen-bond acceptors (Lipinski definition) is 3. The van der Waals surface area contributed by atoms with Gasteiger partial charge in [0.2, 0.25) is 5.91 Å². The van der Waals surface area contributed by atoms with Gasteiger partial charge in [-0.3, -0.25) is 4.79 Å². The molecule has 0 unspecified atom stereocenters. The Kier molecular flexibility index (Phi) is 7.33. The van der Waals surface area contributed by atoms with Crippen LogP contribution in [0.5, 0.6) is 0 Å². The van der Waals surface area contributed by atoms with Gasteiger partial charge in [0.1, 0.15) is 0 Å². The minimum Gasteiger partial charge on any atom is -0.338 e. The first-order chi connectivity index (χ1) is 13.7. The first kappa shape index (κ1) is 21.8. The Morgan fingerprint density at radius 2 is 1.48 bits per heavy atom. The molecule has 2 fully saturated rings. The van der Waals surface area contributed by atoms with Gasteiger partial charge in [-0.25, -0.2) is 0 Å². The molecule has 1 atom stereocenters. The second kappa shape index (κ2) is 9.75. The fraction of sp³-hybridized carbons (Fsp3) is 0.458. The fourth-order valence-corrected chi connectivity index (χ4v) is 4.70. The number of carbonyl (C=O) groups excluding carboxylic acids is 1. The summed E-state index contributed by atoms with van der Waals surface area (Å²) in [7, 11) is 0. The Bertz CT molecular complexity index is 775. The minimum absolute atomic E-state index is 0. The summed E-state index contributed by atoms with van der Waals surface area (Å²) in [6, 6.07) is 20.8. The zero-order valence-corrected chi connectivity index (χ0v) is 17.8. The number of piperidine rings is 1. The van der Waals surface area contributed by atoms with Crippen LogP contribution in [0.3, 0.4) is 0 Å². The lowest BCUT2D eigenvalue weighted by Crippen LogP contribution is -2.45. The Morgan fingerprint density at radius 1 is 0.897 bits per heavy atom. The number of nitrogens with two attached hydrogens (primary N) is 1. The third-order valence-corrected chi connectivity index (χ3v) is 6.61. The maximum Gasteiger partial charge on any atom is 0.229 e. The number of halogens is 1. The van der Waals surface area contributed by atoms with E-state index in [1.54, 1.807) is 0 Å². The van der Waals surface area contributed by atoms with E-state index in [-0.39, 0.29) is 23.9 Å². The second-order valence-electron chi connectivity index (χ2n) is 8.39. The van der Waals surface area contributed by atoms with Gasteiger partial charge in [0.05, 0.1) is 5.41 Å². The summed E-state index contributed by atoms with van der Waals surface area (Å²) < 4.78 is 0. The quantitative estimate of drug-likeness (QED) is 0.778. The normalized spacial score (nSPS) is 19.9. The largest absolute Gasteiger partial charge is 0.338 e. The lowest BCUT2D eigenvalue weighted by Gasteiger charge is -2.38. The highest BCUT2D eigenvalue weighted by Crippen LogP contribution is 2.42. The predicted octanol–water partition coefficient (Wildman–Crippen LogP) is 4.01. The maximum atomic E-state index is 13.1. The molecule has 0 aliphatic carbocycles. The van der Waals surface area contributed by atoms with Gasteiger partial charge in [-0.15, -0.1) is 12.4 Å². The van der Waals surface area contributed by atoms with Gasteiger partial charge in [-0.2, -0.15) is 0 Å². The van der Waals surface area contributed by atoms with E-state index in [1.807, 2.05) is 36.4 Å². The van der Waals surface area contributed by atoms with Gasteiger partial charge in [0, 0.05) is 19.1 Å². The molecule has 2 aromatic carbocycles. The van der Waals surface area contributed by atoms with Crippen LogP contribution in [0.25, 0.3) is 0 Å². The molecule has 0 saturated carbocycles. The number of carbonyl (C=O) groups is 1. The molecule has 2 aromatic rings. The summed E-state index contributed by atoms with van der Waals surface area (Å²) in [6.45, 7) is 4.66. The number of benzene rings is 2. The lowest BCUT2D eigenvalue weighted by molar-refractivity contribution is -0.138. The van der Waals surface area contributed by atoms with Crippen molar-refractivity contribution < 1.29 is 4.79 Å². The Hall–Kier alpha value is -1.88. The molecule has 0 aromatic heterocycles. The summed E-state index contributed by atoms with van der Waals surface area (Å²) in [5, 5.41) is 0. The van der Waals surface area contributed by atoms with Crippen LogP contribution in [0.2, 0.25) is 0 Å². The molecule has 5 heteroatoms. The molecule has 0 bridgehead atoms. The molecule has 156 valence electrons. The molecule has 4 nitrogen and oxygen atoms in total. The van der Waals surface area contributed by atoms with Crippen molar-refractivity contribution in [2.45, 2.75) is 38.3 Å². The van der Waals surface area contributed by atoms with Gasteiger partial charge in [0.15, 0.2) is 0 Å². The van der Waals surface area contributed by atoms with Crippen LogP contribution in [-0.4, -0.2) is 41.9 Å². The lowest BCUT2D eigenvalue weighted by atomic mass is 9.77. The topological polar surface area (TPSA) is 49.6 Å². The number of nitrogens with zero attached hydrogens (tertiary/aromatic N) is 2. The molecule has 2 heterocycles. The van der Waals surface area contributed by atoms with Crippen molar-refractivity contribution >= 4 is 18.3 Å². The number of likely N-dealkylation sites (tertiary alicyclic amines) is 2. The Morgan fingerprint density at radius 3 is 2.14 bits per heavy atom. The van der Waals surface area contributed by atoms with Crippen LogP contribution in [0.15, 0.2) is 60.7 Å². The van der Waals surface area contributed by atoms with Crippen molar-refractivity contribution in [2.75, 3.05) is 26.2 Å². The zero-order valence-electron chi connectivity index (χ0n) is 17.0. The molecule has 29 heavy (non-hydrogen) atoms. The van der Waals surface area contributed by atoms with Gasteiger partial charge >= 0.3 is 0 Å². The monoisotopic (exact) mass is 413 g/mol. The molecule has 4 rings (SSSR count). The summed E-state index contributed by atoms with van der Waals surface area (Å²) >= 11 is 0. The third-order valence-electron chi connectivity index (χ3n) is 6.61. The highest BCUT2D eigenvalue weighted by Gasteiger charge is 2.47. The first-order valence-corrected chi connectivity index (χ1v) is 10.5. The molecule has 0 radical (unpaired) electrons. The van der Waals surface area contributed by atoms with E-state index in [4.69, 9.17) is 5.73 Å². The van der Waals surface area contributed by atoms with Crippen molar-refractivity contribution in [3.8, 4) is 0 Å². The van der Waals surface area contributed by atoms with Crippen LogP contribution < -0.4 is 5.73 Å². The van der Waals surface area contributed by atoms with E-state index in [0.29, 0.717) is 5.91 Å². The highest BCUT2D eigenvalue weighted by molar-refractivity contribution is 5.85. The molecule has 2 saturated heterocycles. The second-order valence-corrected chi connectivity index (χ2v) is 8.39. The van der Waals surface area contributed by atoms with Gasteiger partial charge in [-0.05, 0) is 56.4 Å². The van der Waals surface area contributed by atoms with Crippen LogP contribution in [-0.2, 0) is 11.3 Å². The molecule has 1 amide bonds. The summed E-state index contributed by atoms with van der Waals surface area (Å²) in [4.78, 5) is 17.7. The molecular formula is C24H32ClN3O. The SMILES string of the molecule is Cl.N[C@@H](CCN1CCC2(CC1)CCN(Cc1ccccc1)C2=O)c1ccccc1. The standard InChI is InChI=1S/C24H31N3O.ClH/c25-22(21-9-5-2-6-10-21)11-15-26-16-12-24(13-17-26)14-18-27(23(24)28)19-20-7-3-1-4-8-20;/h1-10,22H,11-19,25H2;1H/t22-;/m0./s1. The van der Waals surface area contributed by atoms with E-state index in [1.165, 1.54) is 11.1 Å². The Labute approximate surface area is 180 Å². The molecular weight excluding hydrogens is 382 g/mol. The zero-order chi connectivity index (χ0) is 19.4. The number of rotatable bonds is 6. The third kappa shape index (κ3) is 5.00. The van der Waals surface area contributed by atoms with E-state index in [0.717, 1.165) is 58.4 Å². The van der Waals surface area contributed by atoms with Gasteiger partial charge in [0.25, 0.3) is 0 Å². The van der Waals surface area contributed by atoms with Crippen LogP contribution in [0.1, 0.15) is 42.9 Å². The predicted molar refractivity (Wildman–Crippen MR) is 120 cm³/mol. The van der Waals surface area contributed by atoms with Crippen LogP contribution in [0, 0.1) is 5.41 Å². The maximum absolute atomic E-state index is 13.1.